The van der Waals surface area contributed by atoms with E-state index in [9.17, 15) is 18.4 Å². The Morgan fingerprint density at radius 3 is 2.46 bits per heavy atom. The van der Waals surface area contributed by atoms with Gasteiger partial charge in [0.2, 0.25) is 11.8 Å². The Morgan fingerprint density at radius 1 is 1.08 bits per heavy atom. The first-order valence-corrected chi connectivity index (χ1v) is 9.23. The maximum atomic E-state index is 13.1. The van der Waals surface area contributed by atoms with Gasteiger partial charge in [0.15, 0.2) is 0 Å². The van der Waals surface area contributed by atoms with E-state index in [4.69, 9.17) is 0 Å². The molecule has 0 spiro atoms. The average molecular weight is 363 g/mol. The van der Waals surface area contributed by atoms with Crippen LogP contribution in [0.5, 0.6) is 0 Å². The van der Waals surface area contributed by atoms with E-state index in [1.807, 2.05) is 28.0 Å². The Bertz CT molecular complexity index is 716. The second-order valence-electron chi connectivity index (χ2n) is 7.40. The van der Waals surface area contributed by atoms with Gasteiger partial charge in [-0.1, -0.05) is 18.2 Å². The van der Waals surface area contributed by atoms with Crippen LogP contribution in [0.3, 0.4) is 0 Å². The number of hydrogen-bond donors (Lipinski definition) is 0. The molecular weight excluding hydrogens is 340 g/mol. The van der Waals surface area contributed by atoms with E-state index in [0.717, 1.165) is 25.1 Å². The Labute approximate surface area is 151 Å². The lowest BCUT2D eigenvalue weighted by Crippen LogP contribution is -2.52. The summed E-state index contributed by atoms with van der Waals surface area (Å²) in [6, 6.07) is 7.99. The van der Waals surface area contributed by atoms with Gasteiger partial charge < -0.3 is 9.80 Å². The minimum atomic E-state index is -2.81. The number of carbonyl (C=O) groups excluding carboxylic acids is 2. The third-order valence-corrected chi connectivity index (χ3v) is 5.58. The van der Waals surface area contributed by atoms with Crippen LogP contribution in [0.4, 0.5) is 14.5 Å². The second-order valence-corrected chi connectivity index (χ2v) is 7.40. The normalized spacial score (nSPS) is 24.9. The van der Waals surface area contributed by atoms with Gasteiger partial charge in [0.1, 0.15) is 5.92 Å². The second kappa shape index (κ2) is 6.61. The number of fused-ring (bicyclic) bond motifs is 1. The number of nitrogens with zero attached hydrogens (tertiary/aromatic N) is 3. The van der Waals surface area contributed by atoms with Crippen LogP contribution in [0.25, 0.3) is 0 Å². The lowest BCUT2D eigenvalue weighted by Gasteiger charge is -2.36. The van der Waals surface area contributed by atoms with Crippen LogP contribution in [0.2, 0.25) is 0 Å². The summed E-state index contributed by atoms with van der Waals surface area (Å²) in [4.78, 5) is 30.2. The van der Waals surface area contributed by atoms with Gasteiger partial charge in [-0.05, 0) is 24.5 Å². The Balaban J connectivity index is 1.31. The molecule has 140 valence electrons. The zero-order valence-corrected chi connectivity index (χ0v) is 14.7. The van der Waals surface area contributed by atoms with Gasteiger partial charge in [0.25, 0.3) is 5.92 Å². The molecule has 4 rings (SSSR count). The van der Waals surface area contributed by atoms with E-state index in [1.165, 1.54) is 10.5 Å². The third-order valence-electron chi connectivity index (χ3n) is 5.58. The Morgan fingerprint density at radius 2 is 1.77 bits per heavy atom. The molecule has 1 atom stereocenters. The fourth-order valence-corrected chi connectivity index (χ4v) is 3.90. The smallest absolute Gasteiger partial charge is 0.260 e. The van der Waals surface area contributed by atoms with Gasteiger partial charge in [0, 0.05) is 44.8 Å². The number of benzene rings is 1. The van der Waals surface area contributed by atoms with Crippen molar-refractivity contribution in [3.63, 3.8) is 0 Å². The van der Waals surface area contributed by atoms with E-state index in [0.29, 0.717) is 32.7 Å². The van der Waals surface area contributed by atoms with Crippen molar-refractivity contribution in [2.45, 2.75) is 25.2 Å². The van der Waals surface area contributed by atoms with E-state index >= 15 is 0 Å². The summed E-state index contributed by atoms with van der Waals surface area (Å²) in [6.45, 7) is 2.95. The highest BCUT2D eigenvalue weighted by Crippen LogP contribution is 2.49. The van der Waals surface area contributed by atoms with E-state index in [-0.39, 0.29) is 12.3 Å². The van der Waals surface area contributed by atoms with Crippen LogP contribution < -0.4 is 4.90 Å². The summed E-state index contributed by atoms with van der Waals surface area (Å²) in [5.41, 5.74) is 2.20. The van der Waals surface area contributed by atoms with Crippen LogP contribution in [-0.2, 0) is 16.0 Å². The number of para-hydroxylation sites is 1. The molecule has 3 aliphatic rings. The summed E-state index contributed by atoms with van der Waals surface area (Å²) in [5.74, 6) is -4.32. The number of hydrogen-bond acceptors (Lipinski definition) is 3. The fourth-order valence-electron chi connectivity index (χ4n) is 3.90. The van der Waals surface area contributed by atoms with Crippen LogP contribution in [0.15, 0.2) is 24.3 Å². The van der Waals surface area contributed by atoms with Crippen LogP contribution in [0.1, 0.15) is 18.4 Å². The predicted octanol–water partition coefficient (Wildman–Crippen LogP) is 1.77. The van der Waals surface area contributed by atoms with Crippen LogP contribution in [0, 0.1) is 5.92 Å². The highest BCUT2D eigenvalue weighted by Gasteiger charge is 2.62. The molecule has 0 N–H and O–H groups in total. The molecule has 1 saturated heterocycles. The highest BCUT2D eigenvalue weighted by molar-refractivity contribution is 5.96. The molecule has 1 saturated carbocycles. The van der Waals surface area contributed by atoms with Crippen molar-refractivity contribution in [2.75, 3.05) is 44.2 Å². The topological polar surface area (TPSA) is 43.9 Å². The van der Waals surface area contributed by atoms with E-state index in [2.05, 4.69) is 6.07 Å². The van der Waals surface area contributed by atoms with Crippen molar-refractivity contribution in [1.29, 1.82) is 0 Å². The summed E-state index contributed by atoms with van der Waals surface area (Å²) in [5, 5.41) is 0. The first-order chi connectivity index (χ1) is 12.5. The first-order valence-electron chi connectivity index (χ1n) is 9.23. The van der Waals surface area contributed by atoms with Crippen molar-refractivity contribution in [1.82, 2.24) is 9.80 Å². The summed E-state index contributed by atoms with van der Waals surface area (Å²) in [6.07, 6.45) is 1.63. The van der Waals surface area contributed by atoms with Gasteiger partial charge in [0.05, 0.1) is 6.54 Å². The molecule has 2 amide bonds. The molecule has 1 aromatic carbocycles. The molecule has 5 nitrogen and oxygen atoms in total. The number of piperazine rings is 1. The summed E-state index contributed by atoms with van der Waals surface area (Å²) < 4.78 is 26.1. The largest absolute Gasteiger partial charge is 0.340 e. The lowest BCUT2D eigenvalue weighted by molar-refractivity contribution is -0.136. The minimum Gasteiger partial charge on any atom is -0.340 e. The zero-order chi connectivity index (χ0) is 18.3. The van der Waals surface area contributed by atoms with Crippen molar-refractivity contribution in [3.8, 4) is 0 Å². The van der Waals surface area contributed by atoms with Gasteiger partial charge in [-0.3, -0.25) is 14.5 Å². The molecule has 7 heteroatoms. The molecule has 0 radical (unpaired) electrons. The van der Waals surface area contributed by atoms with Gasteiger partial charge in [-0.15, -0.1) is 0 Å². The Hall–Kier alpha value is -2.02. The van der Waals surface area contributed by atoms with Crippen molar-refractivity contribution in [3.05, 3.63) is 29.8 Å². The SMILES string of the molecule is O=C(C1CC1(F)F)N1CCN(CC(=O)N2CCCc3ccccc32)CC1. The van der Waals surface area contributed by atoms with Gasteiger partial charge >= 0.3 is 0 Å². The third kappa shape index (κ3) is 3.32. The molecule has 26 heavy (non-hydrogen) atoms. The average Bonchev–Trinajstić information content (AvgIpc) is 3.29. The number of rotatable bonds is 3. The molecule has 2 aliphatic heterocycles. The van der Waals surface area contributed by atoms with Crippen molar-refractivity contribution >= 4 is 17.5 Å². The summed E-state index contributed by atoms with van der Waals surface area (Å²) in [7, 11) is 0. The highest BCUT2D eigenvalue weighted by atomic mass is 19.3. The zero-order valence-electron chi connectivity index (χ0n) is 14.7. The molecular formula is C19H23F2N3O2. The quantitative estimate of drug-likeness (QED) is 0.822. The van der Waals surface area contributed by atoms with Crippen molar-refractivity contribution in [2.24, 2.45) is 5.92 Å². The molecule has 1 unspecified atom stereocenters. The monoisotopic (exact) mass is 363 g/mol. The van der Waals surface area contributed by atoms with E-state index in [1.54, 1.807) is 0 Å². The van der Waals surface area contributed by atoms with Crippen molar-refractivity contribution < 1.29 is 18.4 Å². The number of aryl methyl sites for hydroxylation is 1. The number of alkyl halides is 2. The number of halogens is 2. The standard InChI is InChI=1S/C19H23F2N3O2/c20-19(21)12-15(19)18(26)23-10-8-22(9-11-23)13-17(25)24-7-3-5-14-4-1-2-6-16(14)24/h1-2,4,6,15H,3,5,7-13H2. The van der Waals surface area contributed by atoms with Gasteiger partial charge in [-0.2, -0.15) is 0 Å². The van der Waals surface area contributed by atoms with E-state index < -0.39 is 17.7 Å². The number of amides is 2. The Kier molecular flexibility index (Phi) is 4.42. The first kappa shape index (κ1) is 17.4. The molecule has 0 bridgehead atoms. The molecule has 2 heterocycles. The minimum absolute atomic E-state index is 0.0608. The number of carbonyl (C=O) groups is 2. The van der Waals surface area contributed by atoms with Crippen LogP contribution >= 0.6 is 0 Å². The number of anilines is 1. The molecule has 0 aromatic heterocycles. The lowest BCUT2D eigenvalue weighted by atomic mass is 10.0. The predicted molar refractivity (Wildman–Crippen MR) is 93.2 cm³/mol. The fraction of sp³-hybridized carbons (Fsp3) is 0.579. The molecule has 1 aliphatic carbocycles. The van der Waals surface area contributed by atoms with Gasteiger partial charge in [-0.25, -0.2) is 8.78 Å². The molecule has 2 fully saturated rings. The van der Waals surface area contributed by atoms with Crippen LogP contribution in [-0.4, -0.2) is 66.8 Å². The maximum absolute atomic E-state index is 13.1. The maximum Gasteiger partial charge on any atom is 0.260 e. The molecule has 1 aromatic rings. The summed E-state index contributed by atoms with van der Waals surface area (Å²) >= 11 is 0.